The number of pyridine rings is 1. The first-order valence-corrected chi connectivity index (χ1v) is 32.4. The minimum atomic E-state index is -0.525. The predicted octanol–water partition coefficient (Wildman–Crippen LogP) is 15.0. The lowest BCUT2D eigenvalue weighted by Gasteiger charge is -2.29. The lowest BCUT2D eigenvalue weighted by Crippen LogP contribution is -2.30. The number of hydrogen-bond donors (Lipinski definition) is 0. The van der Waals surface area contributed by atoms with Gasteiger partial charge in [-0.05, 0) is 237 Å². The molecule has 488 valence electrons. The van der Waals surface area contributed by atoms with Crippen molar-refractivity contribution in [2.45, 2.75) is 141 Å². The molecule has 0 radical (unpaired) electrons. The summed E-state index contributed by atoms with van der Waals surface area (Å²) in [6, 6.07) is 20.8. The number of ether oxygens (including phenoxy) is 11. The Kier molecular flexibility index (Phi) is 30.3. The maximum atomic E-state index is 13.8. The molecule has 0 bridgehead atoms. The third-order valence-electron chi connectivity index (χ3n) is 16.3. The van der Waals surface area contributed by atoms with E-state index < -0.39 is 24.0 Å². The summed E-state index contributed by atoms with van der Waals surface area (Å²) < 4.78 is 63.8. The van der Waals surface area contributed by atoms with E-state index in [4.69, 9.17) is 57.1 Å². The molecule has 3 aliphatic rings. The monoisotopic (exact) mass is 1250 g/mol. The highest BCUT2D eigenvalue weighted by Gasteiger charge is 2.32. The summed E-state index contributed by atoms with van der Waals surface area (Å²) in [5, 5.41) is 1.48. The molecule has 0 N–H and O–H groups in total. The van der Waals surface area contributed by atoms with Crippen LogP contribution in [0.15, 0.2) is 148 Å². The Hall–Kier alpha value is -8.60. The molecule has 3 aliphatic carbocycles. The predicted molar refractivity (Wildman–Crippen MR) is 349 cm³/mol. The Morgan fingerprint density at radius 3 is 1.38 bits per heavy atom. The number of unbranched alkanes of at least 4 members (excludes halogenated alkanes) is 9. The Morgan fingerprint density at radius 2 is 0.912 bits per heavy atom. The van der Waals surface area contributed by atoms with E-state index in [9.17, 15) is 24.0 Å². The van der Waals surface area contributed by atoms with Gasteiger partial charge in [0.15, 0.2) is 0 Å². The van der Waals surface area contributed by atoms with Crippen molar-refractivity contribution >= 4 is 46.7 Å². The van der Waals surface area contributed by atoms with Crippen molar-refractivity contribution in [2.24, 2.45) is 23.7 Å². The van der Waals surface area contributed by atoms with Gasteiger partial charge in [-0.25, -0.2) is 19.4 Å². The summed E-state index contributed by atoms with van der Waals surface area (Å²) in [7, 11) is 0. The standard InChI is InChI=1S/C74H91NO16/c1-5-58(81-43-15-9-12-18-46-84-69(76)6-2)22-21-49-87-72-67-50-63(90-73(79)56-27-23-54(24-28-56)52-88-61-35-31-59(32-36-61)82-44-16-10-13-19-47-85-70(77)7-3)39-41-65(67)66-42-40-64(51-68(66)75-72)91-74(80)57-29-25-55(26-30-57)53-89-62-37-33-60(34-38-62)83-45-17-11-14-20-48-86-71(78)8-4/h5-8,21-22,31-42,49-50,54-57,64H,1-4,9-20,23-30,43-48,51-53H2/b49-21+,58-22+. The minimum absolute atomic E-state index is 0.215. The van der Waals surface area contributed by atoms with Gasteiger partial charge in [0, 0.05) is 35.6 Å². The molecule has 0 spiro atoms. The van der Waals surface area contributed by atoms with Crippen LogP contribution >= 0.6 is 0 Å². The zero-order valence-corrected chi connectivity index (χ0v) is 52.7. The topological polar surface area (TPSA) is 200 Å². The number of carbonyl (C=O) groups is 5. The molecule has 2 fully saturated rings. The molecule has 4 aromatic rings. The van der Waals surface area contributed by atoms with Crippen LogP contribution in [-0.4, -0.2) is 93.8 Å². The number of rotatable bonds is 41. The van der Waals surface area contributed by atoms with Gasteiger partial charge in [0.2, 0.25) is 5.88 Å². The first-order chi connectivity index (χ1) is 44.5. The van der Waals surface area contributed by atoms with Gasteiger partial charge in [0.25, 0.3) is 0 Å². The molecule has 1 unspecified atom stereocenters. The molecule has 3 aromatic carbocycles. The van der Waals surface area contributed by atoms with E-state index in [-0.39, 0.29) is 23.8 Å². The lowest BCUT2D eigenvalue weighted by molar-refractivity contribution is -0.153. The zero-order chi connectivity index (χ0) is 64.3. The molecule has 17 nitrogen and oxygen atoms in total. The molecule has 1 aromatic heterocycles. The van der Waals surface area contributed by atoms with Crippen LogP contribution in [0.2, 0.25) is 0 Å². The Bertz CT molecular complexity index is 3080. The van der Waals surface area contributed by atoms with Crippen LogP contribution in [-0.2, 0) is 54.1 Å². The SMILES string of the molecule is C=CC(=O)OCCCCCCO/C(C=C)=C/C=C/Oc1nc2c(c3ccc(OC(=O)C4CCC(COc5ccc(OCCCCCCOC(=O)C=C)cc5)CC4)cc13)C=CC(OC(=O)C1CCC(COc3ccc(OCCCCCCOC(=O)C=C)cc3)CC1)C2. The van der Waals surface area contributed by atoms with Crippen molar-refractivity contribution in [1.29, 1.82) is 0 Å². The van der Waals surface area contributed by atoms with Gasteiger partial charge in [-0.3, -0.25) is 9.59 Å². The molecule has 91 heavy (non-hydrogen) atoms. The summed E-state index contributed by atoms with van der Waals surface area (Å²) in [5.41, 5.74) is 1.57. The maximum Gasteiger partial charge on any atom is 0.330 e. The maximum absolute atomic E-state index is 13.8. The van der Waals surface area contributed by atoms with Crippen molar-refractivity contribution in [2.75, 3.05) is 52.9 Å². The number of aromatic nitrogens is 1. The van der Waals surface area contributed by atoms with Crippen LogP contribution in [0.25, 0.3) is 16.8 Å². The molecule has 7 rings (SSSR count). The summed E-state index contributed by atoms with van der Waals surface area (Å²) in [4.78, 5) is 66.1. The number of allylic oxidation sites excluding steroid dienone is 3. The first-order valence-electron chi connectivity index (χ1n) is 32.4. The summed E-state index contributed by atoms with van der Waals surface area (Å²) in [5.74, 6) is 2.79. The Morgan fingerprint density at radius 1 is 0.473 bits per heavy atom. The number of fused-ring (bicyclic) bond motifs is 3. The van der Waals surface area contributed by atoms with Crippen molar-refractivity contribution in [3.63, 3.8) is 0 Å². The van der Waals surface area contributed by atoms with Crippen LogP contribution in [0.5, 0.6) is 34.6 Å². The molecule has 1 heterocycles. The molecule has 2 saturated carbocycles. The zero-order valence-electron chi connectivity index (χ0n) is 52.7. The van der Waals surface area contributed by atoms with Crippen LogP contribution in [0.3, 0.4) is 0 Å². The van der Waals surface area contributed by atoms with Gasteiger partial charge in [0.1, 0.15) is 40.6 Å². The van der Waals surface area contributed by atoms with E-state index in [1.165, 1.54) is 18.4 Å². The second-order valence-corrected chi connectivity index (χ2v) is 23.1. The molecule has 17 heteroatoms. The molecule has 0 aliphatic heterocycles. The van der Waals surface area contributed by atoms with E-state index in [1.54, 1.807) is 30.4 Å². The van der Waals surface area contributed by atoms with Crippen LogP contribution < -0.4 is 28.4 Å². The van der Waals surface area contributed by atoms with Crippen molar-refractivity contribution < 1.29 is 76.1 Å². The largest absolute Gasteiger partial charge is 0.494 e. The normalized spacial score (nSPS) is 17.8. The summed E-state index contributed by atoms with van der Waals surface area (Å²) in [6.45, 7) is 18.1. The average molecular weight is 1250 g/mol. The smallest absolute Gasteiger partial charge is 0.330 e. The molecule has 0 saturated heterocycles. The fourth-order valence-electron chi connectivity index (χ4n) is 11.0. The van der Waals surface area contributed by atoms with Gasteiger partial charge in [-0.1, -0.05) is 32.4 Å². The molecule has 1 atom stereocenters. The van der Waals surface area contributed by atoms with Crippen molar-refractivity contribution in [3.8, 4) is 34.6 Å². The van der Waals surface area contributed by atoms with Crippen LogP contribution in [0, 0.1) is 23.7 Å². The second-order valence-electron chi connectivity index (χ2n) is 23.1. The van der Waals surface area contributed by atoms with Gasteiger partial charge >= 0.3 is 29.8 Å². The molecule has 0 amide bonds. The first kappa shape index (κ1) is 69.9. The average Bonchev–Trinajstić information content (AvgIpc) is 0.804. The fraction of sp³-hybridized carbons (Fsp3) is 0.459. The number of nitrogens with zero attached hydrogens (tertiary/aromatic N) is 1. The van der Waals surface area contributed by atoms with E-state index in [0.29, 0.717) is 125 Å². The van der Waals surface area contributed by atoms with E-state index in [1.807, 2.05) is 66.7 Å². The second kappa shape index (κ2) is 39.5. The van der Waals surface area contributed by atoms with Crippen molar-refractivity contribution in [1.82, 2.24) is 4.98 Å². The summed E-state index contributed by atoms with van der Waals surface area (Å²) in [6.07, 6.45) is 30.6. The lowest BCUT2D eigenvalue weighted by atomic mass is 9.82. The van der Waals surface area contributed by atoms with Crippen LogP contribution in [0.1, 0.15) is 140 Å². The Balaban J connectivity index is 0.882. The quantitative estimate of drug-likeness (QED) is 0.00772. The van der Waals surface area contributed by atoms with Gasteiger partial charge in [0.05, 0.1) is 76.6 Å². The van der Waals surface area contributed by atoms with Gasteiger partial charge in [-0.15, -0.1) is 0 Å². The summed E-state index contributed by atoms with van der Waals surface area (Å²) >= 11 is 0. The number of esters is 5. The molecular formula is C74H91NO16. The molecular weight excluding hydrogens is 1160 g/mol. The third kappa shape index (κ3) is 25.0. The highest BCUT2D eigenvalue weighted by atomic mass is 16.6. The fourth-order valence-corrected chi connectivity index (χ4v) is 11.0. The minimum Gasteiger partial charge on any atom is -0.494 e. The van der Waals surface area contributed by atoms with E-state index in [0.717, 1.165) is 143 Å². The third-order valence-corrected chi connectivity index (χ3v) is 16.3. The van der Waals surface area contributed by atoms with E-state index in [2.05, 4.69) is 26.3 Å². The number of hydrogen-bond acceptors (Lipinski definition) is 17. The highest BCUT2D eigenvalue weighted by Crippen LogP contribution is 2.38. The van der Waals surface area contributed by atoms with Gasteiger partial charge < -0.3 is 52.1 Å². The van der Waals surface area contributed by atoms with E-state index >= 15 is 0 Å². The van der Waals surface area contributed by atoms with Gasteiger partial charge in [-0.2, -0.15) is 0 Å². The number of benzene rings is 3. The Labute approximate surface area is 536 Å². The number of carbonyl (C=O) groups excluding carboxylic acids is 5. The van der Waals surface area contributed by atoms with Crippen LogP contribution in [0.4, 0.5) is 0 Å². The highest BCUT2D eigenvalue weighted by molar-refractivity contribution is 5.96. The van der Waals surface area contributed by atoms with Crippen molar-refractivity contribution in [3.05, 3.63) is 159 Å².